The second-order valence-corrected chi connectivity index (χ2v) is 5.78. The normalized spacial score (nSPS) is 10.3. The number of nitrogens with one attached hydrogen (secondary N) is 1. The number of carbonyl (C=O) groups excluding carboxylic acids is 2. The molecular formula is C21H19NO5. The molecule has 6 heteroatoms. The van der Waals surface area contributed by atoms with Crippen molar-refractivity contribution in [1.82, 2.24) is 0 Å². The van der Waals surface area contributed by atoms with E-state index in [0.29, 0.717) is 5.69 Å². The highest BCUT2D eigenvalue weighted by atomic mass is 16.6. The van der Waals surface area contributed by atoms with Crippen LogP contribution in [-0.4, -0.2) is 25.1 Å². The van der Waals surface area contributed by atoms with Gasteiger partial charge in [-0.15, -0.1) is 0 Å². The van der Waals surface area contributed by atoms with E-state index in [9.17, 15) is 9.59 Å². The molecule has 1 heterocycles. The van der Waals surface area contributed by atoms with Crippen LogP contribution in [-0.2, 0) is 4.74 Å². The third kappa shape index (κ3) is 4.98. The van der Waals surface area contributed by atoms with Crippen LogP contribution in [0.15, 0.2) is 71.3 Å². The third-order valence-corrected chi connectivity index (χ3v) is 3.71. The minimum absolute atomic E-state index is 0.0905. The van der Waals surface area contributed by atoms with Crippen molar-refractivity contribution in [3.8, 4) is 5.75 Å². The van der Waals surface area contributed by atoms with Crippen molar-refractivity contribution >= 4 is 17.6 Å². The summed E-state index contributed by atoms with van der Waals surface area (Å²) in [4.78, 5) is 24.5. The number of furan rings is 1. The Morgan fingerprint density at radius 3 is 2.63 bits per heavy atom. The zero-order valence-corrected chi connectivity index (χ0v) is 14.8. The molecule has 0 spiro atoms. The molecule has 1 amide bonds. The van der Waals surface area contributed by atoms with E-state index in [0.717, 1.165) is 11.3 Å². The zero-order valence-electron chi connectivity index (χ0n) is 14.8. The first-order chi connectivity index (χ1) is 13.1. The van der Waals surface area contributed by atoms with Crippen LogP contribution in [0.3, 0.4) is 0 Å². The molecule has 0 saturated heterocycles. The molecule has 1 N–H and O–H groups in total. The third-order valence-electron chi connectivity index (χ3n) is 3.71. The topological polar surface area (TPSA) is 77.8 Å². The summed E-state index contributed by atoms with van der Waals surface area (Å²) in [5.74, 6) is -0.108. The Kier molecular flexibility index (Phi) is 5.89. The summed E-state index contributed by atoms with van der Waals surface area (Å²) in [6, 6.07) is 17.4. The number of hydrogen-bond donors (Lipinski definition) is 1. The predicted molar refractivity (Wildman–Crippen MR) is 100 cm³/mol. The van der Waals surface area contributed by atoms with Crippen molar-refractivity contribution in [2.45, 2.75) is 6.92 Å². The number of hydrogen-bond acceptors (Lipinski definition) is 5. The van der Waals surface area contributed by atoms with E-state index in [2.05, 4.69) is 5.32 Å². The number of anilines is 1. The first kappa shape index (κ1) is 18.3. The van der Waals surface area contributed by atoms with Crippen molar-refractivity contribution in [3.05, 3.63) is 83.8 Å². The number of aryl methyl sites for hydroxylation is 1. The second-order valence-electron chi connectivity index (χ2n) is 5.78. The Labute approximate surface area is 156 Å². The van der Waals surface area contributed by atoms with Gasteiger partial charge in [0.15, 0.2) is 5.76 Å². The highest BCUT2D eigenvalue weighted by Crippen LogP contribution is 2.18. The van der Waals surface area contributed by atoms with Gasteiger partial charge < -0.3 is 19.2 Å². The lowest BCUT2D eigenvalue weighted by molar-refractivity contribution is 0.0451. The highest BCUT2D eigenvalue weighted by molar-refractivity contribution is 6.06. The van der Waals surface area contributed by atoms with E-state index in [1.807, 2.05) is 31.2 Å². The van der Waals surface area contributed by atoms with Gasteiger partial charge in [-0.25, -0.2) is 4.79 Å². The fourth-order valence-corrected chi connectivity index (χ4v) is 2.44. The molecule has 3 rings (SSSR count). The van der Waals surface area contributed by atoms with Crippen molar-refractivity contribution in [2.75, 3.05) is 18.5 Å². The summed E-state index contributed by atoms with van der Waals surface area (Å²) < 4.78 is 15.9. The monoisotopic (exact) mass is 365 g/mol. The lowest BCUT2D eigenvalue weighted by Gasteiger charge is -2.11. The molecule has 1 aromatic heterocycles. The summed E-state index contributed by atoms with van der Waals surface area (Å²) >= 11 is 0. The molecular weight excluding hydrogens is 346 g/mol. The van der Waals surface area contributed by atoms with Crippen molar-refractivity contribution in [2.24, 2.45) is 0 Å². The van der Waals surface area contributed by atoms with Gasteiger partial charge in [0.2, 0.25) is 0 Å². The van der Waals surface area contributed by atoms with E-state index in [1.165, 1.54) is 6.26 Å². The Morgan fingerprint density at radius 1 is 1.00 bits per heavy atom. The van der Waals surface area contributed by atoms with Crippen LogP contribution < -0.4 is 10.1 Å². The molecule has 0 aliphatic carbocycles. The van der Waals surface area contributed by atoms with E-state index < -0.39 is 11.9 Å². The minimum Gasteiger partial charge on any atom is -0.490 e. The van der Waals surface area contributed by atoms with Gasteiger partial charge >= 0.3 is 5.97 Å². The average molecular weight is 365 g/mol. The Morgan fingerprint density at radius 2 is 1.85 bits per heavy atom. The molecule has 0 fully saturated rings. The van der Waals surface area contributed by atoms with Crippen molar-refractivity contribution < 1.29 is 23.5 Å². The highest BCUT2D eigenvalue weighted by Gasteiger charge is 2.16. The van der Waals surface area contributed by atoms with Gasteiger partial charge in [0.25, 0.3) is 5.91 Å². The fraction of sp³-hybridized carbons (Fsp3) is 0.143. The molecule has 2 aromatic carbocycles. The van der Waals surface area contributed by atoms with E-state index in [-0.39, 0.29) is 24.5 Å². The number of carbonyl (C=O) groups is 2. The maximum absolute atomic E-state index is 12.3. The average Bonchev–Trinajstić information content (AvgIpc) is 3.20. The summed E-state index contributed by atoms with van der Waals surface area (Å²) in [6.45, 7) is 2.30. The first-order valence-corrected chi connectivity index (χ1v) is 8.44. The van der Waals surface area contributed by atoms with Crippen LogP contribution >= 0.6 is 0 Å². The fourth-order valence-electron chi connectivity index (χ4n) is 2.44. The number of rotatable bonds is 7. The standard InChI is InChI=1S/C21H19NO5/c1-15-6-4-7-16(14-15)25-12-13-27-21(24)17-8-2-3-9-18(17)22-20(23)19-10-5-11-26-19/h2-11,14H,12-13H2,1H3,(H,22,23). The van der Waals surface area contributed by atoms with E-state index in [1.54, 1.807) is 36.4 Å². The maximum Gasteiger partial charge on any atom is 0.340 e. The second kappa shape index (κ2) is 8.71. The molecule has 0 aliphatic rings. The zero-order chi connectivity index (χ0) is 19.1. The van der Waals surface area contributed by atoms with Gasteiger partial charge in [-0.1, -0.05) is 24.3 Å². The summed E-state index contributed by atoms with van der Waals surface area (Å²) in [5, 5.41) is 2.65. The van der Waals surface area contributed by atoms with Gasteiger partial charge in [0, 0.05) is 0 Å². The van der Waals surface area contributed by atoms with Crippen LogP contribution in [0.1, 0.15) is 26.5 Å². The molecule has 0 atom stereocenters. The Balaban J connectivity index is 1.56. The molecule has 6 nitrogen and oxygen atoms in total. The lowest BCUT2D eigenvalue weighted by Crippen LogP contribution is -2.17. The number of para-hydroxylation sites is 1. The Bertz CT molecular complexity index is 918. The molecule has 27 heavy (non-hydrogen) atoms. The Hall–Kier alpha value is -3.54. The molecule has 0 aliphatic heterocycles. The molecule has 0 unspecified atom stereocenters. The van der Waals surface area contributed by atoms with Crippen LogP contribution in [0.4, 0.5) is 5.69 Å². The van der Waals surface area contributed by atoms with Gasteiger partial charge in [0.05, 0.1) is 17.5 Å². The first-order valence-electron chi connectivity index (χ1n) is 8.44. The molecule has 138 valence electrons. The molecule has 0 radical (unpaired) electrons. The number of ether oxygens (including phenoxy) is 2. The number of esters is 1. The molecule has 0 bridgehead atoms. The predicted octanol–water partition coefficient (Wildman–Crippen LogP) is 4.08. The largest absolute Gasteiger partial charge is 0.490 e. The quantitative estimate of drug-likeness (QED) is 0.504. The van der Waals surface area contributed by atoms with Crippen LogP contribution in [0.5, 0.6) is 5.75 Å². The van der Waals surface area contributed by atoms with Crippen LogP contribution in [0, 0.1) is 6.92 Å². The van der Waals surface area contributed by atoms with Crippen LogP contribution in [0.25, 0.3) is 0 Å². The SMILES string of the molecule is Cc1cccc(OCCOC(=O)c2ccccc2NC(=O)c2ccco2)c1. The summed E-state index contributed by atoms with van der Waals surface area (Å²) in [6.07, 6.45) is 1.41. The van der Waals surface area contributed by atoms with Gasteiger partial charge in [-0.2, -0.15) is 0 Å². The molecule has 3 aromatic rings. The van der Waals surface area contributed by atoms with Crippen molar-refractivity contribution in [1.29, 1.82) is 0 Å². The smallest absolute Gasteiger partial charge is 0.340 e. The maximum atomic E-state index is 12.3. The minimum atomic E-state index is -0.543. The van der Waals surface area contributed by atoms with Gasteiger partial charge in [-0.05, 0) is 48.9 Å². The van der Waals surface area contributed by atoms with Crippen LogP contribution in [0.2, 0.25) is 0 Å². The van der Waals surface area contributed by atoms with E-state index in [4.69, 9.17) is 13.9 Å². The summed E-state index contributed by atoms with van der Waals surface area (Å²) in [7, 11) is 0. The summed E-state index contributed by atoms with van der Waals surface area (Å²) in [5.41, 5.74) is 1.70. The number of amides is 1. The van der Waals surface area contributed by atoms with Crippen molar-refractivity contribution in [3.63, 3.8) is 0 Å². The van der Waals surface area contributed by atoms with Gasteiger partial charge in [0.1, 0.15) is 19.0 Å². The van der Waals surface area contributed by atoms with E-state index >= 15 is 0 Å². The van der Waals surface area contributed by atoms with Gasteiger partial charge in [-0.3, -0.25) is 4.79 Å². The lowest BCUT2D eigenvalue weighted by atomic mass is 10.1. The number of benzene rings is 2. The molecule has 0 saturated carbocycles.